The highest BCUT2D eigenvalue weighted by Crippen LogP contribution is 2.30. The molecule has 1 nitrogen and oxygen atoms in total. The summed E-state index contributed by atoms with van der Waals surface area (Å²) in [5, 5.41) is 4.94. The van der Waals surface area contributed by atoms with Crippen LogP contribution in [0.2, 0.25) is 0 Å². The molecule has 1 heterocycles. The van der Waals surface area contributed by atoms with E-state index >= 15 is 0 Å². The maximum absolute atomic E-state index is 3.57. The van der Waals surface area contributed by atoms with E-state index in [-0.39, 0.29) is 5.54 Å². The van der Waals surface area contributed by atoms with Crippen LogP contribution >= 0.6 is 11.3 Å². The summed E-state index contributed by atoms with van der Waals surface area (Å²) in [6.45, 7) is 9.97. The van der Waals surface area contributed by atoms with Crippen LogP contribution in [-0.4, -0.2) is 12.1 Å². The number of thiophene rings is 1. The van der Waals surface area contributed by atoms with Crippen molar-refractivity contribution in [3.05, 3.63) is 35.2 Å². The van der Waals surface area contributed by atoms with Gasteiger partial charge in [0.2, 0.25) is 0 Å². The van der Waals surface area contributed by atoms with E-state index in [1.165, 1.54) is 15.0 Å². The lowest BCUT2D eigenvalue weighted by molar-refractivity contribution is 0.413. The lowest BCUT2D eigenvalue weighted by Gasteiger charge is -2.22. The van der Waals surface area contributed by atoms with Crippen molar-refractivity contribution in [3.8, 4) is 0 Å². The van der Waals surface area contributed by atoms with Gasteiger partial charge in [0.15, 0.2) is 0 Å². The predicted molar refractivity (Wildman–Crippen MR) is 78.0 cm³/mol. The van der Waals surface area contributed by atoms with Gasteiger partial charge in [-0.3, -0.25) is 0 Å². The fourth-order valence-electron chi connectivity index (χ4n) is 1.81. The third-order valence-electron chi connectivity index (χ3n) is 2.87. The quantitative estimate of drug-likeness (QED) is 0.848. The van der Waals surface area contributed by atoms with E-state index in [1.807, 2.05) is 11.3 Å². The number of hydrogen-bond donors (Lipinski definition) is 1. The van der Waals surface area contributed by atoms with Gasteiger partial charge in [0.25, 0.3) is 0 Å². The first-order chi connectivity index (χ1) is 7.96. The second-order valence-electron chi connectivity index (χ2n) is 5.72. The molecule has 0 saturated heterocycles. The number of fused-ring (bicyclic) bond motifs is 1. The standard InChI is InChI=1S/C15H21NS/c1-11(10-16-15(2,3)4)14-9-12-7-5-6-8-13(12)17-14/h5-9,11,16H,10H2,1-4H3. The van der Waals surface area contributed by atoms with E-state index in [0.717, 1.165) is 6.54 Å². The van der Waals surface area contributed by atoms with Gasteiger partial charge in [0.05, 0.1) is 0 Å². The first-order valence-electron chi connectivity index (χ1n) is 6.19. The Morgan fingerprint density at radius 3 is 2.59 bits per heavy atom. The molecule has 1 atom stereocenters. The maximum atomic E-state index is 3.57. The van der Waals surface area contributed by atoms with E-state index in [4.69, 9.17) is 0 Å². The van der Waals surface area contributed by atoms with E-state index < -0.39 is 0 Å². The summed E-state index contributed by atoms with van der Waals surface area (Å²) >= 11 is 1.92. The molecular weight excluding hydrogens is 226 g/mol. The highest BCUT2D eigenvalue weighted by molar-refractivity contribution is 7.19. The molecule has 1 aromatic heterocycles. The average molecular weight is 247 g/mol. The molecule has 1 aromatic carbocycles. The molecule has 0 saturated carbocycles. The van der Waals surface area contributed by atoms with E-state index in [2.05, 4.69) is 63.3 Å². The molecule has 2 heteroatoms. The molecule has 0 bridgehead atoms. The topological polar surface area (TPSA) is 12.0 Å². The fraction of sp³-hybridized carbons (Fsp3) is 0.467. The number of rotatable bonds is 3. The third-order valence-corrected chi connectivity index (χ3v) is 4.22. The molecule has 2 rings (SSSR count). The molecule has 1 unspecified atom stereocenters. The van der Waals surface area contributed by atoms with Gasteiger partial charge in [-0.2, -0.15) is 0 Å². The minimum Gasteiger partial charge on any atom is -0.311 e. The molecule has 0 amide bonds. The zero-order chi connectivity index (χ0) is 12.5. The molecule has 1 N–H and O–H groups in total. The minimum absolute atomic E-state index is 0.199. The van der Waals surface area contributed by atoms with E-state index in [9.17, 15) is 0 Å². The molecule has 0 aliphatic carbocycles. The summed E-state index contributed by atoms with van der Waals surface area (Å²) in [4.78, 5) is 1.47. The van der Waals surface area contributed by atoms with Crippen LogP contribution in [0, 0.1) is 0 Å². The molecule has 2 aromatic rings. The van der Waals surface area contributed by atoms with Crippen LogP contribution in [0.5, 0.6) is 0 Å². The summed E-state index contributed by atoms with van der Waals surface area (Å²) in [7, 11) is 0. The number of hydrogen-bond acceptors (Lipinski definition) is 2. The Bertz CT molecular complexity index is 460. The van der Waals surface area contributed by atoms with Gasteiger partial charge >= 0.3 is 0 Å². The van der Waals surface area contributed by atoms with Crippen molar-refractivity contribution in [2.45, 2.75) is 39.2 Å². The highest BCUT2D eigenvalue weighted by atomic mass is 32.1. The fourth-order valence-corrected chi connectivity index (χ4v) is 2.92. The van der Waals surface area contributed by atoms with Crippen molar-refractivity contribution >= 4 is 21.4 Å². The van der Waals surface area contributed by atoms with Gasteiger partial charge in [-0.25, -0.2) is 0 Å². The maximum Gasteiger partial charge on any atom is 0.0345 e. The Kier molecular flexibility index (Phi) is 3.55. The van der Waals surface area contributed by atoms with Crippen LogP contribution in [0.1, 0.15) is 38.5 Å². The lowest BCUT2D eigenvalue weighted by Crippen LogP contribution is -2.37. The van der Waals surface area contributed by atoms with Gasteiger partial charge in [-0.1, -0.05) is 25.1 Å². The smallest absolute Gasteiger partial charge is 0.0345 e. The molecular formula is C15H21NS. The van der Waals surface area contributed by atoms with Crippen molar-refractivity contribution in [2.24, 2.45) is 0 Å². The largest absolute Gasteiger partial charge is 0.311 e. The Labute approximate surface area is 108 Å². The second kappa shape index (κ2) is 4.79. The number of benzene rings is 1. The molecule has 0 fully saturated rings. The number of nitrogens with one attached hydrogen (secondary N) is 1. The van der Waals surface area contributed by atoms with Gasteiger partial charge in [-0.15, -0.1) is 11.3 Å². The summed E-state index contributed by atoms with van der Waals surface area (Å²) in [5.41, 5.74) is 0.199. The SMILES string of the molecule is CC(CNC(C)(C)C)c1cc2ccccc2s1. The summed E-state index contributed by atoms with van der Waals surface area (Å²) in [6, 6.07) is 10.9. The monoisotopic (exact) mass is 247 g/mol. The molecule has 17 heavy (non-hydrogen) atoms. The lowest BCUT2D eigenvalue weighted by atomic mass is 10.1. The Hall–Kier alpha value is -0.860. The Balaban J connectivity index is 2.11. The first-order valence-corrected chi connectivity index (χ1v) is 7.01. The van der Waals surface area contributed by atoms with Crippen molar-refractivity contribution in [1.29, 1.82) is 0 Å². The molecule has 0 aliphatic rings. The summed E-state index contributed by atoms with van der Waals surface area (Å²) < 4.78 is 1.39. The zero-order valence-electron chi connectivity index (χ0n) is 11.1. The van der Waals surface area contributed by atoms with E-state index in [0.29, 0.717) is 5.92 Å². The normalized spacial score (nSPS) is 14.1. The third kappa shape index (κ3) is 3.30. The van der Waals surface area contributed by atoms with Crippen LogP contribution in [-0.2, 0) is 0 Å². The predicted octanol–water partition coefficient (Wildman–Crippen LogP) is 4.39. The van der Waals surface area contributed by atoms with Crippen molar-refractivity contribution < 1.29 is 0 Å². The average Bonchev–Trinajstić information content (AvgIpc) is 2.68. The molecule has 0 spiro atoms. The van der Waals surface area contributed by atoms with Crippen molar-refractivity contribution in [1.82, 2.24) is 5.32 Å². The van der Waals surface area contributed by atoms with E-state index in [1.54, 1.807) is 0 Å². The minimum atomic E-state index is 0.199. The van der Waals surface area contributed by atoms with Gasteiger partial charge in [-0.05, 0) is 38.3 Å². The summed E-state index contributed by atoms with van der Waals surface area (Å²) in [6.07, 6.45) is 0. The Morgan fingerprint density at radius 2 is 1.94 bits per heavy atom. The second-order valence-corrected chi connectivity index (χ2v) is 6.83. The Morgan fingerprint density at radius 1 is 1.24 bits per heavy atom. The van der Waals surface area contributed by atoms with Crippen LogP contribution in [0.15, 0.2) is 30.3 Å². The summed E-state index contributed by atoms with van der Waals surface area (Å²) in [5.74, 6) is 0.576. The van der Waals surface area contributed by atoms with Crippen molar-refractivity contribution in [3.63, 3.8) is 0 Å². The molecule has 0 radical (unpaired) electrons. The van der Waals surface area contributed by atoms with Gasteiger partial charge in [0, 0.05) is 27.6 Å². The molecule has 0 aliphatic heterocycles. The van der Waals surface area contributed by atoms with Crippen LogP contribution in [0.25, 0.3) is 10.1 Å². The van der Waals surface area contributed by atoms with Gasteiger partial charge < -0.3 is 5.32 Å². The molecule has 92 valence electrons. The van der Waals surface area contributed by atoms with Crippen LogP contribution < -0.4 is 5.32 Å². The first kappa shape index (κ1) is 12.6. The van der Waals surface area contributed by atoms with Crippen LogP contribution in [0.3, 0.4) is 0 Å². The highest BCUT2D eigenvalue weighted by Gasteiger charge is 2.14. The zero-order valence-corrected chi connectivity index (χ0v) is 11.9. The van der Waals surface area contributed by atoms with Crippen LogP contribution in [0.4, 0.5) is 0 Å². The van der Waals surface area contributed by atoms with Gasteiger partial charge in [0.1, 0.15) is 0 Å². The van der Waals surface area contributed by atoms with Crippen molar-refractivity contribution in [2.75, 3.05) is 6.54 Å².